The molecule has 3 aromatic rings. The molecule has 0 bridgehead atoms. The van der Waals surface area contributed by atoms with Gasteiger partial charge in [-0.3, -0.25) is 0 Å². The number of anilines is 4. The van der Waals surface area contributed by atoms with Crippen LogP contribution in [0.15, 0.2) is 65.4 Å². The zero-order valence-corrected chi connectivity index (χ0v) is 14.9. The van der Waals surface area contributed by atoms with Crippen LogP contribution in [0, 0.1) is 0 Å². The number of hydrogen-bond acceptors (Lipinski definition) is 6. The van der Waals surface area contributed by atoms with Crippen molar-refractivity contribution in [3.63, 3.8) is 0 Å². The number of methoxy groups -OCH3 is 1. The van der Waals surface area contributed by atoms with Crippen molar-refractivity contribution in [2.45, 2.75) is 0 Å². The third kappa shape index (κ3) is 4.33. The standard InChI is InChI=1S/C18H15BrN4O2/c1-25-18(24)14-7-2-3-8-15(14)23-17-10-16(20-11-21-17)22-13-6-4-5-12(19)9-13/h2-11H,1H3,(H2,20,21,22,23). The molecule has 3 rings (SSSR count). The van der Waals surface area contributed by atoms with Crippen LogP contribution in [0.1, 0.15) is 10.4 Å². The van der Waals surface area contributed by atoms with Crippen molar-refractivity contribution in [2.75, 3.05) is 17.7 Å². The van der Waals surface area contributed by atoms with Crippen LogP contribution in [0.5, 0.6) is 0 Å². The largest absolute Gasteiger partial charge is 0.465 e. The first-order valence-electron chi connectivity index (χ1n) is 7.45. The van der Waals surface area contributed by atoms with Crippen LogP contribution < -0.4 is 10.6 Å². The number of ether oxygens (including phenoxy) is 1. The molecule has 0 atom stereocenters. The van der Waals surface area contributed by atoms with Crippen LogP contribution in [0.25, 0.3) is 0 Å². The van der Waals surface area contributed by atoms with E-state index < -0.39 is 5.97 Å². The zero-order valence-electron chi connectivity index (χ0n) is 13.4. The Morgan fingerprint density at radius 1 is 1.00 bits per heavy atom. The fraction of sp³-hybridized carbons (Fsp3) is 0.0556. The maximum absolute atomic E-state index is 11.9. The molecule has 0 aliphatic rings. The molecule has 0 amide bonds. The van der Waals surface area contributed by atoms with Gasteiger partial charge in [-0.2, -0.15) is 0 Å². The molecule has 0 saturated heterocycles. The molecule has 6 nitrogen and oxygen atoms in total. The van der Waals surface area contributed by atoms with Crippen LogP contribution in [-0.2, 0) is 4.74 Å². The normalized spacial score (nSPS) is 10.2. The summed E-state index contributed by atoms with van der Waals surface area (Å²) in [7, 11) is 1.35. The number of carbonyl (C=O) groups is 1. The fourth-order valence-corrected chi connectivity index (χ4v) is 2.63. The molecule has 0 radical (unpaired) electrons. The van der Waals surface area contributed by atoms with Crippen molar-refractivity contribution >= 4 is 44.9 Å². The van der Waals surface area contributed by atoms with Gasteiger partial charge in [-0.15, -0.1) is 0 Å². The minimum absolute atomic E-state index is 0.412. The van der Waals surface area contributed by atoms with E-state index in [4.69, 9.17) is 4.74 Å². The van der Waals surface area contributed by atoms with Gasteiger partial charge in [0.05, 0.1) is 18.4 Å². The van der Waals surface area contributed by atoms with Gasteiger partial charge < -0.3 is 15.4 Å². The number of halogens is 1. The van der Waals surface area contributed by atoms with E-state index in [-0.39, 0.29) is 0 Å². The van der Waals surface area contributed by atoms with Gasteiger partial charge >= 0.3 is 5.97 Å². The van der Waals surface area contributed by atoms with Crippen LogP contribution in [0.3, 0.4) is 0 Å². The second-order valence-corrected chi connectivity index (χ2v) is 6.00. The lowest BCUT2D eigenvalue weighted by Gasteiger charge is -2.11. The molecule has 25 heavy (non-hydrogen) atoms. The highest BCUT2D eigenvalue weighted by atomic mass is 79.9. The Hall–Kier alpha value is -2.93. The zero-order chi connectivity index (χ0) is 17.6. The summed E-state index contributed by atoms with van der Waals surface area (Å²) in [4.78, 5) is 20.3. The van der Waals surface area contributed by atoms with Crippen molar-refractivity contribution < 1.29 is 9.53 Å². The van der Waals surface area contributed by atoms with E-state index in [9.17, 15) is 4.79 Å². The molecule has 0 saturated carbocycles. The second kappa shape index (κ2) is 7.76. The van der Waals surface area contributed by atoms with Gasteiger partial charge in [-0.1, -0.05) is 34.1 Å². The molecule has 0 fully saturated rings. The highest BCUT2D eigenvalue weighted by Gasteiger charge is 2.11. The minimum Gasteiger partial charge on any atom is -0.465 e. The molecule has 7 heteroatoms. The maximum Gasteiger partial charge on any atom is 0.339 e. The molecule has 0 unspecified atom stereocenters. The number of esters is 1. The Labute approximate surface area is 153 Å². The summed E-state index contributed by atoms with van der Waals surface area (Å²) in [5, 5.41) is 6.33. The number of aromatic nitrogens is 2. The van der Waals surface area contributed by atoms with E-state index in [0.29, 0.717) is 22.9 Å². The van der Waals surface area contributed by atoms with Crippen molar-refractivity contribution in [3.05, 3.63) is 71.0 Å². The quantitative estimate of drug-likeness (QED) is 0.615. The van der Waals surface area contributed by atoms with Crippen LogP contribution >= 0.6 is 15.9 Å². The third-order valence-corrected chi connectivity index (χ3v) is 3.85. The molecule has 1 heterocycles. The third-order valence-electron chi connectivity index (χ3n) is 3.36. The number of hydrogen-bond donors (Lipinski definition) is 2. The summed E-state index contributed by atoms with van der Waals surface area (Å²) >= 11 is 3.43. The molecule has 0 spiro atoms. The van der Waals surface area contributed by atoms with Gasteiger partial charge in [-0.25, -0.2) is 14.8 Å². The number of carbonyl (C=O) groups excluding carboxylic acids is 1. The van der Waals surface area contributed by atoms with E-state index in [1.54, 1.807) is 24.3 Å². The second-order valence-electron chi connectivity index (χ2n) is 5.09. The van der Waals surface area contributed by atoms with E-state index in [2.05, 4.69) is 36.5 Å². The highest BCUT2D eigenvalue weighted by Crippen LogP contribution is 2.23. The predicted octanol–water partition coefficient (Wildman–Crippen LogP) is 4.51. The summed E-state index contributed by atoms with van der Waals surface area (Å²) < 4.78 is 5.77. The predicted molar refractivity (Wildman–Crippen MR) is 101 cm³/mol. The van der Waals surface area contributed by atoms with Gasteiger partial charge in [0, 0.05) is 16.2 Å². The Balaban J connectivity index is 1.82. The van der Waals surface area contributed by atoms with E-state index in [1.165, 1.54) is 13.4 Å². The minimum atomic E-state index is -0.412. The molecule has 0 aliphatic carbocycles. The number of nitrogens with zero attached hydrogens (tertiary/aromatic N) is 2. The Morgan fingerprint density at radius 3 is 2.52 bits per heavy atom. The lowest BCUT2D eigenvalue weighted by molar-refractivity contribution is 0.0602. The molecule has 2 N–H and O–H groups in total. The first kappa shape index (κ1) is 16.9. The number of rotatable bonds is 5. The van der Waals surface area contributed by atoms with Gasteiger partial charge in [0.1, 0.15) is 18.0 Å². The van der Waals surface area contributed by atoms with E-state index in [1.807, 2.05) is 30.3 Å². The molecule has 2 aromatic carbocycles. The van der Waals surface area contributed by atoms with Crippen LogP contribution in [-0.4, -0.2) is 23.0 Å². The van der Waals surface area contributed by atoms with Crippen molar-refractivity contribution in [2.24, 2.45) is 0 Å². The first-order valence-corrected chi connectivity index (χ1v) is 8.24. The average Bonchev–Trinajstić information content (AvgIpc) is 2.62. The van der Waals surface area contributed by atoms with Crippen molar-refractivity contribution in [1.82, 2.24) is 9.97 Å². The van der Waals surface area contributed by atoms with Gasteiger partial charge in [0.2, 0.25) is 0 Å². The SMILES string of the molecule is COC(=O)c1ccccc1Nc1cc(Nc2cccc(Br)c2)ncn1. The van der Waals surface area contributed by atoms with Gasteiger partial charge in [0.25, 0.3) is 0 Å². The number of para-hydroxylation sites is 1. The van der Waals surface area contributed by atoms with E-state index in [0.717, 1.165) is 10.2 Å². The Bertz CT molecular complexity index is 902. The monoisotopic (exact) mass is 398 g/mol. The van der Waals surface area contributed by atoms with Crippen molar-refractivity contribution in [3.8, 4) is 0 Å². The smallest absolute Gasteiger partial charge is 0.339 e. The summed E-state index contributed by atoms with van der Waals surface area (Å²) in [6.45, 7) is 0. The average molecular weight is 399 g/mol. The molecule has 0 aliphatic heterocycles. The molecule has 1 aromatic heterocycles. The summed E-state index contributed by atoms with van der Waals surface area (Å²) in [5.41, 5.74) is 1.94. The first-order chi connectivity index (χ1) is 12.2. The van der Waals surface area contributed by atoms with Gasteiger partial charge in [0.15, 0.2) is 0 Å². The van der Waals surface area contributed by atoms with Gasteiger partial charge in [-0.05, 0) is 30.3 Å². The topological polar surface area (TPSA) is 76.1 Å². The summed E-state index contributed by atoms with van der Waals surface area (Å²) in [6, 6.07) is 16.6. The van der Waals surface area contributed by atoms with Crippen molar-refractivity contribution in [1.29, 1.82) is 0 Å². The Morgan fingerprint density at radius 2 is 1.76 bits per heavy atom. The maximum atomic E-state index is 11.9. The lowest BCUT2D eigenvalue weighted by atomic mass is 10.2. The number of nitrogens with one attached hydrogen (secondary N) is 2. The Kier molecular flexibility index (Phi) is 5.25. The molecular weight excluding hydrogens is 384 g/mol. The summed E-state index contributed by atoms with van der Waals surface area (Å²) in [5.74, 6) is 0.777. The fourth-order valence-electron chi connectivity index (χ4n) is 2.23. The van der Waals surface area contributed by atoms with E-state index >= 15 is 0 Å². The summed E-state index contributed by atoms with van der Waals surface area (Å²) in [6.07, 6.45) is 1.45. The highest BCUT2D eigenvalue weighted by molar-refractivity contribution is 9.10. The van der Waals surface area contributed by atoms with Crippen LogP contribution in [0.4, 0.5) is 23.0 Å². The molecule has 126 valence electrons. The molecular formula is C18H15BrN4O2. The lowest BCUT2D eigenvalue weighted by Crippen LogP contribution is -2.06. The number of benzene rings is 2. The van der Waals surface area contributed by atoms with Crippen LogP contribution in [0.2, 0.25) is 0 Å².